The van der Waals surface area contributed by atoms with Gasteiger partial charge in [0.05, 0.1) is 11.6 Å². The van der Waals surface area contributed by atoms with Crippen LogP contribution in [0.4, 0.5) is 23.2 Å². The molecule has 2 aromatic rings. The molecule has 6 nitrogen and oxygen atoms in total. The lowest BCUT2D eigenvalue weighted by atomic mass is 9.89. The van der Waals surface area contributed by atoms with Gasteiger partial charge in [0.25, 0.3) is 0 Å². The largest absolute Gasteiger partial charge is 0.755 e. The fraction of sp³-hybridized carbons (Fsp3) is 0.478. The van der Waals surface area contributed by atoms with Gasteiger partial charge < -0.3 is 14.2 Å². The van der Waals surface area contributed by atoms with E-state index in [1.807, 2.05) is 20.8 Å². The Morgan fingerprint density at radius 2 is 1.85 bits per heavy atom. The second-order valence-corrected chi connectivity index (χ2v) is 10.2. The van der Waals surface area contributed by atoms with Gasteiger partial charge >= 0.3 is 6.18 Å². The van der Waals surface area contributed by atoms with E-state index in [9.17, 15) is 31.1 Å². The van der Waals surface area contributed by atoms with E-state index in [0.29, 0.717) is 24.0 Å². The second-order valence-electron chi connectivity index (χ2n) is 9.23. The summed E-state index contributed by atoms with van der Waals surface area (Å²) < 4.78 is 76.6. The Bertz CT molecular complexity index is 1050. The Morgan fingerprint density at radius 1 is 1.21 bits per heavy atom. The fourth-order valence-electron chi connectivity index (χ4n) is 3.17. The van der Waals surface area contributed by atoms with Gasteiger partial charge in [-0.2, -0.15) is 13.2 Å². The number of carbonyl (C=O) groups excluding carboxylic acids is 1. The van der Waals surface area contributed by atoms with Gasteiger partial charge in [-0.3, -0.25) is 9.00 Å². The van der Waals surface area contributed by atoms with Crippen molar-refractivity contribution in [3.63, 3.8) is 0 Å². The van der Waals surface area contributed by atoms with Crippen LogP contribution in [-0.4, -0.2) is 26.7 Å². The Kier molecular flexibility index (Phi) is 8.81. The van der Waals surface area contributed by atoms with E-state index in [4.69, 9.17) is 0 Å². The predicted octanol–water partition coefficient (Wildman–Crippen LogP) is 4.87. The van der Waals surface area contributed by atoms with Gasteiger partial charge in [0, 0.05) is 30.6 Å². The minimum absolute atomic E-state index is 0.0355. The standard InChI is InChI=1S/C23H29F4N3O3S/c1-14(15-6-8-19(17(24)12-15)30(5)34(32)33)21(31)28-13-16-7-9-20(23(25,26)27)29-18(16)10-11-22(2,3)4/h6-9,12,14H,10-11,13H2,1-5H3,(H,28,31)(H,32,33)/p-1. The highest BCUT2D eigenvalue weighted by Gasteiger charge is 2.33. The van der Waals surface area contributed by atoms with Gasteiger partial charge in [0.2, 0.25) is 5.91 Å². The summed E-state index contributed by atoms with van der Waals surface area (Å²) in [6.45, 7) is 7.43. The number of nitrogens with zero attached hydrogens (tertiary/aromatic N) is 2. The molecule has 0 bridgehead atoms. The number of carbonyl (C=O) groups is 1. The molecular formula is C23H28F4N3O3S-. The molecule has 1 aromatic carbocycles. The first-order valence-electron chi connectivity index (χ1n) is 10.6. The van der Waals surface area contributed by atoms with Crippen molar-refractivity contribution in [2.24, 2.45) is 5.41 Å². The minimum Gasteiger partial charge on any atom is -0.755 e. The van der Waals surface area contributed by atoms with Gasteiger partial charge in [-0.15, -0.1) is 0 Å². The molecule has 0 saturated heterocycles. The number of pyridine rings is 1. The third kappa shape index (κ3) is 7.49. The van der Waals surface area contributed by atoms with Crippen LogP contribution in [-0.2, 0) is 35.2 Å². The maximum Gasteiger partial charge on any atom is 0.433 e. The first-order valence-corrected chi connectivity index (χ1v) is 11.6. The van der Waals surface area contributed by atoms with Gasteiger partial charge in [-0.05, 0) is 54.5 Å². The third-order valence-electron chi connectivity index (χ3n) is 5.35. The minimum atomic E-state index is -4.57. The molecule has 0 spiro atoms. The zero-order valence-corrected chi connectivity index (χ0v) is 20.4. The summed E-state index contributed by atoms with van der Waals surface area (Å²) in [6, 6.07) is 5.98. The molecule has 2 unspecified atom stereocenters. The Labute approximate surface area is 199 Å². The van der Waals surface area contributed by atoms with E-state index in [-0.39, 0.29) is 23.3 Å². The lowest BCUT2D eigenvalue weighted by Crippen LogP contribution is -2.28. The number of anilines is 1. The van der Waals surface area contributed by atoms with Crippen LogP contribution in [0.5, 0.6) is 0 Å². The van der Waals surface area contributed by atoms with Crippen LogP contribution >= 0.6 is 0 Å². The van der Waals surface area contributed by atoms with Gasteiger partial charge in [0.1, 0.15) is 11.5 Å². The van der Waals surface area contributed by atoms with Gasteiger partial charge in [-0.1, -0.05) is 32.9 Å². The Hall–Kier alpha value is -2.53. The summed E-state index contributed by atoms with van der Waals surface area (Å²) in [5, 5.41) is 2.68. The number of benzene rings is 1. The van der Waals surface area contributed by atoms with Crippen molar-refractivity contribution in [2.45, 2.75) is 59.2 Å². The number of aromatic nitrogens is 1. The maximum absolute atomic E-state index is 14.4. The van der Waals surface area contributed by atoms with Crippen molar-refractivity contribution in [3.05, 3.63) is 58.7 Å². The smallest absolute Gasteiger partial charge is 0.433 e. The molecule has 0 aliphatic rings. The molecular weight excluding hydrogens is 474 g/mol. The summed E-state index contributed by atoms with van der Waals surface area (Å²) in [5.41, 5.74) is -0.208. The van der Waals surface area contributed by atoms with Crippen molar-refractivity contribution in [2.75, 3.05) is 11.4 Å². The van der Waals surface area contributed by atoms with Crippen LogP contribution in [0.25, 0.3) is 0 Å². The molecule has 1 N–H and O–H groups in total. The van der Waals surface area contributed by atoms with E-state index in [2.05, 4.69) is 10.3 Å². The molecule has 2 rings (SSSR count). The first kappa shape index (κ1) is 27.7. The van der Waals surface area contributed by atoms with E-state index in [1.54, 1.807) is 6.92 Å². The molecule has 1 amide bonds. The average molecular weight is 503 g/mol. The zero-order valence-electron chi connectivity index (χ0n) is 19.6. The topological polar surface area (TPSA) is 85.4 Å². The lowest BCUT2D eigenvalue weighted by Gasteiger charge is -2.22. The molecule has 0 fully saturated rings. The molecule has 0 saturated carbocycles. The predicted molar refractivity (Wildman–Crippen MR) is 121 cm³/mol. The quantitative estimate of drug-likeness (QED) is 0.412. The molecule has 0 aliphatic heterocycles. The number of hydrogen-bond donors (Lipinski definition) is 1. The Morgan fingerprint density at radius 3 is 2.38 bits per heavy atom. The summed E-state index contributed by atoms with van der Waals surface area (Å²) in [6.07, 6.45) is -3.65. The second kappa shape index (κ2) is 10.8. The summed E-state index contributed by atoms with van der Waals surface area (Å²) in [7, 11) is 1.19. The Balaban J connectivity index is 2.18. The molecule has 0 radical (unpaired) electrons. The lowest BCUT2D eigenvalue weighted by molar-refractivity contribution is -0.141. The van der Waals surface area contributed by atoms with Crippen molar-refractivity contribution in [3.8, 4) is 0 Å². The van der Waals surface area contributed by atoms with E-state index in [1.165, 1.54) is 25.2 Å². The fourth-order valence-corrected chi connectivity index (χ4v) is 3.48. The molecule has 2 atom stereocenters. The molecule has 0 aliphatic carbocycles. The number of aryl methyl sites for hydroxylation is 1. The van der Waals surface area contributed by atoms with Crippen molar-refractivity contribution < 1.29 is 31.1 Å². The van der Waals surface area contributed by atoms with Crippen LogP contribution in [0.2, 0.25) is 0 Å². The van der Waals surface area contributed by atoms with Crippen LogP contribution in [0.3, 0.4) is 0 Å². The number of alkyl halides is 3. The average Bonchev–Trinajstić information content (AvgIpc) is 2.73. The maximum atomic E-state index is 14.4. The van der Waals surface area contributed by atoms with E-state index >= 15 is 0 Å². The highest BCUT2D eigenvalue weighted by Crippen LogP contribution is 2.30. The summed E-state index contributed by atoms with van der Waals surface area (Å²) in [4.78, 5) is 16.5. The molecule has 1 heterocycles. The van der Waals surface area contributed by atoms with Crippen LogP contribution in [0.1, 0.15) is 62.5 Å². The van der Waals surface area contributed by atoms with Crippen molar-refractivity contribution in [1.29, 1.82) is 0 Å². The zero-order chi connectivity index (χ0) is 25.8. The monoisotopic (exact) mass is 502 g/mol. The molecule has 11 heteroatoms. The van der Waals surface area contributed by atoms with Crippen molar-refractivity contribution in [1.82, 2.24) is 10.3 Å². The summed E-state index contributed by atoms with van der Waals surface area (Å²) in [5.74, 6) is -2.05. The van der Waals surface area contributed by atoms with Gasteiger partial charge in [0.15, 0.2) is 0 Å². The van der Waals surface area contributed by atoms with E-state index < -0.39 is 40.8 Å². The van der Waals surface area contributed by atoms with Crippen molar-refractivity contribution >= 4 is 22.9 Å². The number of nitrogens with one attached hydrogen (secondary N) is 1. The third-order valence-corrected chi connectivity index (χ3v) is 6.00. The normalized spacial score (nSPS) is 13.9. The summed E-state index contributed by atoms with van der Waals surface area (Å²) >= 11 is -2.65. The van der Waals surface area contributed by atoms with Crippen LogP contribution in [0, 0.1) is 11.2 Å². The van der Waals surface area contributed by atoms with Crippen LogP contribution in [0.15, 0.2) is 30.3 Å². The number of amides is 1. The SMILES string of the molecule is CC(C(=O)NCc1ccc(C(F)(F)F)nc1CCC(C)(C)C)c1ccc(N(C)S(=O)[O-])c(F)c1. The number of hydrogen-bond acceptors (Lipinski definition) is 4. The van der Waals surface area contributed by atoms with E-state index in [0.717, 1.165) is 16.4 Å². The molecule has 188 valence electrons. The van der Waals surface area contributed by atoms with Gasteiger partial charge in [-0.25, -0.2) is 9.37 Å². The molecule has 1 aromatic heterocycles. The highest BCUT2D eigenvalue weighted by molar-refractivity contribution is 7.80. The first-order chi connectivity index (χ1) is 15.6. The molecule has 34 heavy (non-hydrogen) atoms. The number of halogens is 4. The van der Waals surface area contributed by atoms with Crippen LogP contribution < -0.4 is 9.62 Å². The number of rotatable bonds is 8. The highest BCUT2D eigenvalue weighted by atomic mass is 32.2.